The van der Waals surface area contributed by atoms with E-state index in [1.165, 1.54) is 18.2 Å². The van der Waals surface area contributed by atoms with Crippen LogP contribution in [0.15, 0.2) is 78.9 Å². The van der Waals surface area contributed by atoms with Crippen molar-refractivity contribution in [3.8, 4) is 22.6 Å². The molecule has 0 saturated carbocycles. The van der Waals surface area contributed by atoms with E-state index in [1.54, 1.807) is 30.3 Å². The molecular formula is C31H27N3O4. The minimum atomic E-state index is -1.04. The van der Waals surface area contributed by atoms with Gasteiger partial charge in [0.1, 0.15) is 5.84 Å². The summed E-state index contributed by atoms with van der Waals surface area (Å²) in [7, 11) is 1.50. The Kier molecular flexibility index (Phi) is 5.56. The highest BCUT2D eigenvalue weighted by Crippen LogP contribution is 2.55. The van der Waals surface area contributed by atoms with Gasteiger partial charge in [-0.05, 0) is 82.1 Å². The fourth-order valence-corrected chi connectivity index (χ4v) is 6.18. The SMILES string of the molecule is COc1cc([C@@H]2Nc3ccc(C(=N)N)cc3[C@H]3c4ccccc4C[C@H]32)c(-c2ccccc2C(=O)O)cc1O. The number of nitrogens with one attached hydrogen (secondary N) is 2. The number of carboxylic acid groups (broad SMARTS) is 1. The minimum Gasteiger partial charge on any atom is -0.504 e. The maximum Gasteiger partial charge on any atom is 0.336 e. The number of rotatable bonds is 5. The Labute approximate surface area is 220 Å². The third-order valence-electron chi connectivity index (χ3n) is 7.84. The number of fused-ring (bicyclic) bond motifs is 5. The van der Waals surface area contributed by atoms with Crippen molar-refractivity contribution in [3.05, 3.63) is 112 Å². The van der Waals surface area contributed by atoms with Crippen LogP contribution in [0.4, 0.5) is 5.69 Å². The molecule has 0 unspecified atom stereocenters. The average molecular weight is 506 g/mol. The van der Waals surface area contributed by atoms with Crippen LogP contribution >= 0.6 is 0 Å². The number of nitrogens with two attached hydrogens (primary N) is 1. The van der Waals surface area contributed by atoms with Gasteiger partial charge < -0.3 is 26.0 Å². The molecule has 7 nitrogen and oxygen atoms in total. The molecule has 4 aromatic rings. The number of hydrogen-bond donors (Lipinski definition) is 5. The van der Waals surface area contributed by atoms with Crippen LogP contribution in [0.5, 0.6) is 11.5 Å². The lowest BCUT2D eigenvalue weighted by Gasteiger charge is -2.39. The number of hydrogen-bond acceptors (Lipinski definition) is 5. The Morgan fingerprint density at radius 3 is 2.50 bits per heavy atom. The average Bonchev–Trinajstić information content (AvgIpc) is 3.32. The number of aromatic carboxylic acids is 1. The van der Waals surface area contributed by atoms with Gasteiger partial charge in [-0.15, -0.1) is 0 Å². The highest BCUT2D eigenvalue weighted by atomic mass is 16.5. The predicted molar refractivity (Wildman–Crippen MR) is 146 cm³/mol. The molecule has 0 fully saturated rings. The van der Waals surface area contributed by atoms with Gasteiger partial charge in [-0.2, -0.15) is 0 Å². The number of phenolic OH excluding ortho intramolecular Hbond substituents is 1. The number of methoxy groups -OCH3 is 1. The summed E-state index contributed by atoms with van der Waals surface area (Å²) in [5.74, 6) is -0.607. The number of anilines is 1. The zero-order valence-corrected chi connectivity index (χ0v) is 20.7. The van der Waals surface area contributed by atoms with Gasteiger partial charge in [-0.3, -0.25) is 5.41 Å². The van der Waals surface area contributed by atoms with Crippen molar-refractivity contribution in [2.75, 3.05) is 12.4 Å². The summed E-state index contributed by atoms with van der Waals surface area (Å²) in [5.41, 5.74) is 13.2. The van der Waals surface area contributed by atoms with E-state index < -0.39 is 5.97 Å². The number of phenols is 1. The van der Waals surface area contributed by atoms with Gasteiger partial charge in [0.2, 0.25) is 0 Å². The van der Waals surface area contributed by atoms with Gasteiger partial charge in [0.15, 0.2) is 11.5 Å². The molecule has 3 atom stereocenters. The molecule has 4 aromatic carbocycles. The molecule has 2 aliphatic rings. The topological polar surface area (TPSA) is 129 Å². The third kappa shape index (κ3) is 3.66. The molecule has 6 rings (SSSR count). The van der Waals surface area contributed by atoms with Gasteiger partial charge in [0, 0.05) is 17.2 Å². The van der Waals surface area contributed by atoms with Gasteiger partial charge in [-0.25, -0.2) is 4.79 Å². The van der Waals surface area contributed by atoms with Crippen molar-refractivity contribution in [3.63, 3.8) is 0 Å². The number of carbonyl (C=O) groups is 1. The molecule has 0 amide bonds. The Morgan fingerprint density at radius 2 is 1.74 bits per heavy atom. The number of carboxylic acids is 1. The van der Waals surface area contributed by atoms with E-state index in [0.717, 1.165) is 23.2 Å². The molecule has 1 heterocycles. The molecule has 1 aliphatic heterocycles. The molecule has 7 heteroatoms. The van der Waals surface area contributed by atoms with E-state index in [9.17, 15) is 15.0 Å². The Balaban J connectivity index is 1.59. The van der Waals surface area contributed by atoms with Crippen molar-refractivity contribution in [1.29, 1.82) is 5.41 Å². The van der Waals surface area contributed by atoms with E-state index >= 15 is 0 Å². The van der Waals surface area contributed by atoms with E-state index in [2.05, 4.69) is 17.4 Å². The van der Waals surface area contributed by atoms with Gasteiger partial charge >= 0.3 is 5.97 Å². The molecule has 0 radical (unpaired) electrons. The second kappa shape index (κ2) is 8.95. The number of amidine groups is 1. The summed E-state index contributed by atoms with van der Waals surface area (Å²) >= 11 is 0. The first-order valence-corrected chi connectivity index (χ1v) is 12.4. The smallest absolute Gasteiger partial charge is 0.336 e. The molecule has 0 bridgehead atoms. The van der Waals surface area contributed by atoms with Gasteiger partial charge in [0.05, 0.1) is 18.7 Å². The fourth-order valence-electron chi connectivity index (χ4n) is 6.18. The van der Waals surface area contributed by atoms with E-state index in [4.69, 9.17) is 15.9 Å². The Bertz CT molecular complexity index is 1610. The zero-order valence-electron chi connectivity index (χ0n) is 20.7. The minimum absolute atomic E-state index is 0.0218. The summed E-state index contributed by atoms with van der Waals surface area (Å²) < 4.78 is 5.50. The van der Waals surface area contributed by atoms with E-state index in [1.807, 2.05) is 36.4 Å². The summed E-state index contributed by atoms with van der Waals surface area (Å²) in [6, 6.07) is 24.2. The summed E-state index contributed by atoms with van der Waals surface area (Å²) in [6.07, 6.45) is 0.811. The molecule has 190 valence electrons. The lowest BCUT2D eigenvalue weighted by Crippen LogP contribution is -2.31. The first-order chi connectivity index (χ1) is 18.4. The van der Waals surface area contributed by atoms with Gasteiger partial charge in [-0.1, -0.05) is 42.5 Å². The quantitative estimate of drug-likeness (QED) is 0.179. The van der Waals surface area contributed by atoms with Crippen LogP contribution in [0.2, 0.25) is 0 Å². The van der Waals surface area contributed by atoms with E-state index in [0.29, 0.717) is 22.4 Å². The van der Waals surface area contributed by atoms with Crippen molar-refractivity contribution >= 4 is 17.5 Å². The van der Waals surface area contributed by atoms with E-state index in [-0.39, 0.29) is 35.0 Å². The standard InChI is InChI=1S/C31H27N3O4/c1-38-27-15-22(21(14-26(27)35)19-8-4-5-9-20(19)31(36)37)29-24-12-16-6-2-3-7-18(16)28(24)23-13-17(30(32)33)10-11-25(23)34-29/h2-11,13-15,24,28-29,34-35H,12H2,1H3,(H3,32,33)(H,36,37)/t24-,28-,29+/m1/s1. The largest absolute Gasteiger partial charge is 0.504 e. The second-order valence-corrected chi connectivity index (χ2v) is 9.84. The number of aromatic hydroxyl groups is 1. The number of ether oxygens (including phenoxy) is 1. The third-order valence-corrected chi connectivity index (χ3v) is 7.84. The first kappa shape index (κ1) is 23.6. The second-order valence-electron chi connectivity index (χ2n) is 9.84. The van der Waals surface area contributed by atoms with Crippen molar-refractivity contribution in [2.24, 2.45) is 11.7 Å². The van der Waals surface area contributed by atoms with Crippen LogP contribution in [-0.4, -0.2) is 29.1 Å². The highest BCUT2D eigenvalue weighted by Gasteiger charge is 2.44. The van der Waals surface area contributed by atoms with Crippen LogP contribution in [0, 0.1) is 11.3 Å². The monoisotopic (exact) mass is 505 g/mol. The Hall–Kier alpha value is -4.78. The van der Waals surface area contributed by atoms with Crippen molar-refractivity contribution < 1.29 is 19.7 Å². The molecule has 1 aliphatic carbocycles. The molecule has 0 aromatic heterocycles. The lowest BCUT2D eigenvalue weighted by atomic mass is 9.74. The van der Waals surface area contributed by atoms with Crippen LogP contribution in [-0.2, 0) is 6.42 Å². The summed E-state index contributed by atoms with van der Waals surface area (Å²) in [6.45, 7) is 0. The highest BCUT2D eigenvalue weighted by molar-refractivity contribution is 5.97. The summed E-state index contributed by atoms with van der Waals surface area (Å²) in [5, 5.41) is 32.4. The predicted octanol–water partition coefficient (Wildman–Crippen LogP) is 5.52. The summed E-state index contributed by atoms with van der Waals surface area (Å²) in [4.78, 5) is 12.1. The van der Waals surface area contributed by atoms with Gasteiger partial charge in [0.25, 0.3) is 0 Å². The lowest BCUT2D eigenvalue weighted by molar-refractivity contribution is 0.0697. The van der Waals surface area contributed by atoms with Crippen LogP contribution in [0.3, 0.4) is 0 Å². The fraction of sp³-hybridized carbons (Fsp3) is 0.161. The molecular weight excluding hydrogens is 478 g/mol. The maximum atomic E-state index is 12.1. The molecule has 38 heavy (non-hydrogen) atoms. The molecule has 0 saturated heterocycles. The maximum absolute atomic E-state index is 12.1. The van der Waals surface area contributed by atoms with Crippen LogP contribution < -0.4 is 15.8 Å². The molecule has 0 spiro atoms. The number of benzene rings is 4. The molecule has 6 N–H and O–H groups in total. The van der Waals surface area contributed by atoms with Crippen LogP contribution in [0.25, 0.3) is 11.1 Å². The first-order valence-electron chi connectivity index (χ1n) is 12.4. The van der Waals surface area contributed by atoms with Crippen LogP contribution in [0.1, 0.15) is 50.1 Å². The normalized spacial score (nSPS) is 19.0. The Morgan fingerprint density at radius 1 is 0.974 bits per heavy atom. The zero-order chi connectivity index (χ0) is 26.6. The van der Waals surface area contributed by atoms with Crippen molar-refractivity contribution in [2.45, 2.75) is 18.4 Å². The van der Waals surface area contributed by atoms with Crippen molar-refractivity contribution in [1.82, 2.24) is 0 Å². The number of nitrogen functional groups attached to an aromatic ring is 1.